The zero-order valence-electron chi connectivity index (χ0n) is 10.00. The van der Waals surface area contributed by atoms with Gasteiger partial charge in [0.1, 0.15) is 0 Å². The Kier molecular flexibility index (Phi) is 4.18. The molecule has 0 saturated heterocycles. The van der Waals surface area contributed by atoms with Crippen LogP contribution < -0.4 is 10.6 Å². The fourth-order valence-corrected chi connectivity index (χ4v) is 2.34. The molecular formula is C12H22N2O2. The van der Waals surface area contributed by atoms with Gasteiger partial charge in [0.25, 0.3) is 0 Å². The maximum absolute atomic E-state index is 11.5. The molecule has 16 heavy (non-hydrogen) atoms. The summed E-state index contributed by atoms with van der Waals surface area (Å²) >= 11 is 0. The molecule has 4 heteroatoms. The van der Waals surface area contributed by atoms with E-state index in [1.165, 1.54) is 12.8 Å². The quantitative estimate of drug-likeness (QED) is 0.729. The Labute approximate surface area is 97.1 Å². The minimum absolute atomic E-state index is 0.128. The molecule has 2 N–H and O–H groups in total. The van der Waals surface area contributed by atoms with Crippen molar-refractivity contribution in [1.29, 1.82) is 0 Å². The van der Waals surface area contributed by atoms with Crippen LogP contribution in [0.15, 0.2) is 0 Å². The minimum Gasteiger partial charge on any atom is -0.380 e. The van der Waals surface area contributed by atoms with Gasteiger partial charge in [-0.3, -0.25) is 4.79 Å². The van der Waals surface area contributed by atoms with Gasteiger partial charge in [-0.2, -0.15) is 0 Å². The summed E-state index contributed by atoms with van der Waals surface area (Å²) in [6.45, 7) is 0.432. The standard InChI is InChI=1S/C12H22N2O2/c1-16-11-5-3-2-4-10(11)13-8-12(15)14-9-6-7-9/h9-11,13H,2-8H2,1H3,(H,14,15). The Hall–Kier alpha value is -0.610. The number of methoxy groups -OCH3 is 1. The van der Waals surface area contributed by atoms with Crippen molar-refractivity contribution < 1.29 is 9.53 Å². The highest BCUT2D eigenvalue weighted by Crippen LogP contribution is 2.21. The summed E-state index contributed by atoms with van der Waals surface area (Å²) in [5.74, 6) is 0.128. The first-order valence-electron chi connectivity index (χ1n) is 6.35. The molecule has 0 spiro atoms. The molecule has 1 amide bonds. The van der Waals surface area contributed by atoms with Crippen molar-refractivity contribution in [2.45, 2.75) is 56.7 Å². The third-order valence-corrected chi connectivity index (χ3v) is 3.47. The van der Waals surface area contributed by atoms with Gasteiger partial charge in [0.2, 0.25) is 5.91 Å². The van der Waals surface area contributed by atoms with Crippen molar-refractivity contribution in [2.75, 3.05) is 13.7 Å². The second-order valence-electron chi connectivity index (χ2n) is 4.89. The van der Waals surface area contributed by atoms with Gasteiger partial charge >= 0.3 is 0 Å². The van der Waals surface area contributed by atoms with E-state index < -0.39 is 0 Å². The third kappa shape index (κ3) is 3.46. The van der Waals surface area contributed by atoms with Gasteiger partial charge < -0.3 is 15.4 Å². The van der Waals surface area contributed by atoms with E-state index in [4.69, 9.17) is 4.74 Å². The van der Waals surface area contributed by atoms with Crippen LogP contribution >= 0.6 is 0 Å². The average Bonchev–Trinajstić information content (AvgIpc) is 3.10. The zero-order chi connectivity index (χ0) is 11.4. The normalized spacial score (nSPS) is 30.1. The van der Waals surface area contributed by atoms with Crippen molar-refractivity contribution in [2.24, 2.45) is 0 Å². The number of carbonyl (C=O) groups excluding carboxylic acids is 1. The maximum atomic E-state index is 11.5. The first-order chi connectivity index (χ1) is 7.79. The SMILES string of the molecule is COC1CCCCC1NCC(=O)NC1CC1. The van der Waals surface area contributed by atoms with E-state index in [1.54, 1.807) is 7.11 Å². The van der Waals surface area contributed by atoms with Crippen molar-refractivity contribution in [3.05, 3.63) is 0 Å². The monoisotopic (exact) mass is 226 g/mol. The molecule has 0 heterocycles. The number of nitrogens with one attached hydrogen (secondary N) is 2. The summed E-state index contributed by atoms with van der Waals surface area (Å²) in [6.07, 6.45) is 7.29. The van der Waals surface area contributed by atoms with E-state index in [-0.39, 0.29) is 12.0 Å². The predicted molar refractivity (Wildman–Crippen MR) is 62.2 cm³/mol. The number of ether oxygens (including phenoxy) is 1. The maximum Gasteiger partial charge on any atom is 0.234 e. The lowest BCUT2D eigenvalue weighted by Gasteiger charge is -2.31. The Morgan fingerprint density at radius 3 is 2.69 bits per heavy atom. The Bertz CT molecular complexity index is 241. The van der Waals surface area contributed by atoms with E-state index in [0.29, 0.717) is 18.6 Å². The van der Waals surface area contributed by atoms with Gasteiger partial charge in [-0.25, -0.2) is 0 Å². The van der Waals surface area contributed by atoms with Gasteiger partial charge in [-0.1, -0.05) is 12.8 Å². The number of hydrogen-bond acceptors (Lipinski definition) is 3. The van der Waals surface area contributed by atoms with Gasteiger partial charge in [-0.15, -0.1) is 0 Å². The lowest BCUT2D eigenvalue weighted by Crippen LogP contribution is -2.47. The molecule has 92 valence electrons. The molecule has 2 aliphatic rings. The highest BCUT2D eigenvalue weighted by molar-refractivity contribution is 5.78. The van der Waals surface area contributed by atoms with Crippen molar-refractivity contribution in [3.63, 3.8) is 0 Å². The second-order valence-corrected chi connectivity index (χ2v) is 4.89. The van der Waals surface area contributed by atoms with Crippen molar-refractivity contribution in [3.8, 4) is 0 Å². The van der Waals surface area contributed by atoms with Gasteiger partial charge in [-0.05, 0) is 25.7 Å². The molecule has 0 bridgehead atoms. The van der Waals surface area contributed by atoms with Crippen LogP contribution in [0.3, 0.4) is 0 Å². The van der Waals surface area contributed by atoms with Gasteiger partial charge in [0.15, 0.2) is 0 Å². The molecule has 2 aliphatic carbocycles. The average molecular weight is 226 g/mol. The molecule has 2 fully saturated rings. The van der Waals surface area contributed by atoms with Crippen LogP contribution in [0.2, 0.25) is 0 Å². The fraction of sp³-hybridized carbons (Fsp3) is 0.917. The molecule has 2 rings (SSSR count). The Balaban J connectivity index is 1.68. The largest absolute Gasteiger partial charge is 0.380 e. The molecule has 2 saturated carbocycles. The number of hydrogen-bond donors (Lipinski definition) is 2. The molecular weight excluding hydrogens is 204 g/mol. The number of carbonyl (C=O) groups is 1. The number of amides is 1. The molecule has 2 unspecified atom stereocenters. The minimum atomic E-state index is 0.128. The van der Waals surface area contributed by atoms with Gasteiger partial charge in [0.05, 0.1) is 12.6 Å². The molecule has 0 aromatic heterocycles. The number of rotatable bonds is 5. The van der Waals surface area contributed by atoms with E-state index >= 15 is 0 Å². The summed E-state index contributed by atoms with van der Waals surface area (Å²) in [5, 5.41) is 6.30. The molecule has 0 radical (unpaired) electrons. The van der Waals surface area contributed by atoms with Crippen LogP contribution in [-0.4, -0.2) is 37.7 Å². The van der Waals surface area contributed by atoms with Crippen LogP contribution in [0.4, 0.5) is 0 Å². The molecule has 0 aliphatic heterocycles. The molecule has 0 aromatic rings. The highest BCUT2D eigenvalue weighted by atomic mass is 16.5. The predicted octanol–water partition coefficient (Wildman–Crippen LogP) is 0.812. The first-order valence-corrected chi connectivity index (χ1v) is 6.35. The van der Waals surface area contributed by atoms with Crippen LogP contribution in [0.1, 0.15) is 38.5 Å². The van der Waals surface area contributed by atoms with Crippen LogP contribution in [0, 0.1) is 0 Å². The van der Waals surface area contributed by atoms with E-state index in [9.17, 15) is 4.79 Å². The summed E-state index contributed by atoms with van der Waals surface area (Å²) in [5.41, 5.74) is 0. The van der Waals surface area contributed by atoms with Crippen LogP contribution in [0.25, 0.3) is 0 Å². The topological polar surface area (TPSA) is 50.4 Å². The fourth-order valence-electron chi connectivity index (χ4n) is 2.34. The highest BCUT2D eigenvalue weighted by Gasteiger charge is 2.26. The third-order valence-electron chi connectivity index (χ3n) is 3.47. The lowest BCUT2D eigenvalue weighted by molar-refractivity contribution is -0.120. The molecule has 2 atom stereocenters. The van der Waals surface area contributed by atoms with E-state index in [0.717, 1.165) is 25.7 Å². The lowest BCUT2D eigenvalue weighted by atomic mass is 9.92. The Morgan fingerprint density at radius 2 is 2.00 bits per heavy atom. The summed E-state index contributed by atoms with van der Waals surface area (Å²) < 4.78 is 5.44. The van der Waals surface area contributed by atoms with Crippen molar-refractivity contribution >= 4 is 5.91 Å². The van der Waals surface area contributed by atoms with Gasteiger partial charge in [0, 0.05) is 19.2 Å². The van der Waals surface area contributed by atoms with Crippen LogP contribution in [-0.2, 0) is 9.53 Å². The second kappa shape index (κ2) is 5.64. The van der Waals surface area contributed by atoms with Crippen LogP contribution in [0.5, 0.6) is 0 Å². The van der Waals surface area contributed by atoms with E-state index in [2.05, 4.69) is 10.6 Å². The van der Waals surface area contributed by atoms with Crippen molar-refractivity contribution in [1.82, 2.24) is 10.6 Å². The Morgan fingerprint density at radius 1 is 1.25 bits per heavy atom. The molecule has 4 nitrogen and oxygen atoms in total. The van der Waals surface area contributed by atoms with E-state index in [1.807, 2.05) is 0 Å². The molecule has 0 aromatic carbocycles. The first kappa shape index (κ1) is 11.9. The summed E-state index contributed by atoms with van der Waals surface area (Å²) in [4.78, 5) is 11.5. The smallest absolute Gasteiger partial charge is 0.234 e. The summed E-state index contributed by atoms with van der Waals surface area (Å²) in [6, 6.07) is 0.808. The summed E-state index contributed by atoms with van der Waals surface area (Å²) in [7, 11) is 1.76. The zero-order valence-corrected chi connectivity index (χ0v) is 10.00.